The summed E-state index contributed by atoms with van der Waals surface area (Å²) in [5.74, 6) is 1.58. The molecule has 67 heavy (non-hydrogen) atoms. The number of benzene rings is 11. The maximum Gasteiger partial charge on any atom is 0.167 e. The molecule has 0 radical (unpaired) electrons. The highest BCUT2D eigenvalue weighted by Crippen LogP contribution is 2.44. The molecule has 310 valence electrons. The van der Waals surface area contributed by atoms with E-state index in [4.69, 9.17) is 23.8 Å². The summed E-state index contributed by atoms with van der Waals surface area (Å²) >= 11 is 0. The summed E-state index contributed by atoms with van der Waals surface area (Å²) in [7, 11) is 0. The first-order valence-electron chi connectivity index (χ1n) is 22.6. The van der Waals surface area contributed by atoms with Gasteiger partial charge in [0.15, 0.2) is 17.5 Å². The number of fused-ring (bicyclic) bond motifs is 15. The minimum Gasteiger partial charge on any atom is -0.455 e. The largest absolute Gasteiger partial charge is 0.455 e. The van der Waals surface area contributed by atoms with Crippen LogP contribution >= 0.6 is 0 Å². The van der Waals surface area contributed by atoms with Crippen molar-refractivity contribution in [3.05, 3.63) is 206 Å². The van der Waals surface area contributed by atoms with Crippen LogP contribution in [0, 0.1) is 0 Å². The number of furan rings is 2. The van der Waals surface area contributed by atoms with Crippen LogP contribution in [0.2, 0.25) is 0 Å². The molecule has 0 aliphatic rings. The summed E-state index contributed by atoms with van der Waals surface area (Å²) in [5, 5.41) is 15.8. The molecule has 0 spiro atoms. The number of nitrogens with zero attached hydrogens (tertiary/aromatic N) is 4. The van der Waals surface area contributed by atoms with E-state index in [2.05, 4.69) is 168 Å². The third-order valence-electron chi connectivity index (χ3n) is 13.8. The molecule has 0 amide bonds. The van der Waals surface area contributed by atoms with Crippen LogP contribution < -0.4 is 0 Å². The molecule has 0 fully saturated rings. The van der Waals surface area contributed by atoms with Crippen LogP contribution in [0.3, 0.4) is 0 Å². The van der Waals surface area contributed by atoms with Gasteiger partial charge in [-0.2, -0.15) is 0 Å². The molecule has 0 bridgehead atoms. The summed E-state index contributed by atoms with van der Waals surface area (Å²) < 4.78 is 15.9. The summed E-state index contributed by atoms with van der Waals surface area (Å²) in [4.78, 5) is 16.0. The zero-order chi connectivity index (χ0) is 43.7. The Morgan fingerprint density at radius 2 is 0.925 bits per heavy atom. The fourth-order valence-corrected chi connectivity index (χ4v) is 10.7. The molecule has 11 aromatic carbocycles. The normalized spacial score (nSPS) is 12.2. The molecular weight excluding hydrogens is 821 g/mol. The third kappa shape index (κ3) is 5.35. The van der Waals surface area contributed by atoms with Crippen LogP contribution in [-0.4, -0.2) is 19.5 Å². The van der Waals surface area contributed by atoms with E-state index in [1.165, 1.54) is 32.3 Å². The topological polar surface area (TPSA) is 69.9 Å². The molecule has 0 saturated carbocycles. The highest BCUT2D eigenvalue weighted by Gasteiger charge is 2.23. The number of hydrogen-bond acceptors (Lipinski definition) is 5. The first kappa shape index (κ1) is 36.2. The van der Waals surface area contributed by atoms with Crippen molar-refractivity contribution in [1.82, 2.24) is 19.5 Å². The Bertz CT molecular complexity index is 4590. The lowest BCUT2D eigenvalue weighted by Crippen LogP contribution is -2.01. The first-order chi connectivity index (χ1) is 33.2. The van der Waals surface area contributed by atoms with E-state index in [0.717, 1.165) is 98.8 Å². The predicted octanol–water partition coefficient (Wildman–Crippen LogP) is 16.4. The Morgan fingerprint density at radius 1 is 0.313 bits per heavy atom. The fourth-order valence-electron chi connectivity index (χ4n) is 10.7. The molecule has 0 unspecified atom stereocenters. The lowest BCUT2D eigenvalue weighted by molar-refractivity contribution is 0.669. The second-order valence-corrected chi connectivity index (χ2v) is 17.5. The van der Waals surface area contributed by atoms with Gasteiger partial charge in [0.1, 0.15) is 22.3 Å². The van der Waals surface area contributed by atoms with Gasteiger partial charge in [0, 0.05) is 43.6 Å². The third-order valence-corrected chi connectivity index (χ3v) is 13.8. The average molecular weight is 855 g/mol. The number of hydrogen-bond donors (Lipinski definition) is 0. The van der Waals surface area contributed by atoms with Gasteiger partial charge in [0.25, 0.3) is 0 Å². The van der Waals surface area contributed by atoms with Crippen LogP contribution in [0.1, 0.15) is 0 Å². The van der Waals surface area contributed by atoms with E-state index < -0.39 is 0 Å². The van der Waals surface area contributed by atoms with E-state index in [9.17, 15) is 0 Å². The van der Waals surface area contributed by atoms with E-state index in [-0.39, 0.29) is 0 Å². The van der Waals surface area contributed by atoms with Gasteiger partial charge >= 0.3 is 0 Å². The Morgan fingerprint density at radius 3 is 1.76 bits per heavy atom. The molecule has 6 nitrogen and oxygen atoms in total. The van der Waals surface area contributed by atoms with E-state index >= 15 is 0 Å². The highest BCUT2D eigenvalue weighted by atomic mass is 16.3. The van der Waals surface area contributed by atoms with Crippen molar-refractivity contribution in [2.75, 3.05) is 0 Å². The van der Waals surface area contributed by atoms with E-state index in [1.807, 2.05) is 42.5 Å². The molecule has 0 atom stereocenters. The minimum absolute atomic E-state index is 0.507. The van der Waals surface area contributed by atoms with Crippen molar-refractivity contribution >= 4 is 109 Å². The molecule has 6 heteroatoms. The molecule has 4 aromatic heterocycles. The SMILES string of the molecule is c1ccc2cc(-c3nc(-c4cccc5c4oc4ccccc45)nc(-c4cc5cc(-n6c7cc8ccccc8cc7c7c8ccccc8ccc76)ccc5c5c4oc4ccccc45)n3)ccc2c1. The van der Waals surface area contributed by atoms with Crippen LogP contribution in [0.15, 0.2) is 215 Å². The predicted molar refractivity (Wildman–Crippen MR) is 275 cm³/mol. The lowest BCUT2D eigenvalue weighted by atomic mass is 9.99. The summed E-state index contributed by atoms with van der Waals surface area (Å²) in [5.41, 5.74) is 8.87. The Kier molecular flexibility index (Phi) is 7.40. The van der Waals surface area contributed by atoms with Gasteiger partial charge in [0.2, 0.25) is 0 Å². The van der Waals surface area contributed by atoms with Crippen LogP contribution in [0.4, 0.5) is 0 Å². The number of aromatic nitrogens is 4. The van der Waals surface area contributed by atoms with Crippen LogP contribution in [0.5, 0.6) is 0 Å². The smallest absolute Gasteiger partial charge is 0.167 e. The summed E-state index contributed by atoms with van der Waals surface area (Å²) in [6.45, 7) is 0. The van der Waals surface area contributed by atoms with Crippen molar-refractivity contribution in [3.63, 3.8) is 0 Å². The van der Waals surface area contributed by atoms with Crippen molar-refractivity contribution in [1.29, 1.82) is 0 Å². The highest BCUT2D eigenvalue weighted by molar-refractivity contribution is 6.25. The second kappa shape index (κ2) is 13.7. The lowest BCUT2D eigenvalue weighted by Gasteiger charge is -2.13. The molecule has 15 aromatic rings. The Hall–Kier alpha value is -9.13. The quantitative estimate of drug-likeness (QED) is 0.176. The maximum atomic E-state index is 6.88. The van der Waals surface area contributed by atoms with Crippen LogP contribution in [-0.2, 0) is 0 Å². The fraction of sp³-hybridized carbons (Fsp3) is 0. The van der Waals surface area contributed by atoms with Crippen LogP contribution in [0.25, 0.3) is 149 Å². The van der Waals surface area contributed by atoms with Crippen molar-refractivity contribution in [2.45, 2.75) is 0 Å². The van der Waals surface area contributed by atoms with Gasteiger partial charge in [-0.05, 0) is 104 Å². The molecule has 15 rings (SSSR count). The van der Waals surface area contributed by atoms with Gasteiger partial charge in [0.05, 0.1) is 22.2 Å². The van der Waals surface area contributed by atoms with Gasteiger partial charge < -0.3 is 13.4 Å². The molecule has 0 N–H and O–H groups in total. The maximum absolute atomic E-state index is 6.88. The minimum atomic E-state index is 0.507. The molecular formula is C61H34N4O2. The van der Waals surface area contributed by atoms with Gasteiger partial charge in [-0.3, -0.25) is 0 Å². The van der Waals surface area contributed by atoms with Crippen molar-refractivity contribution in [2.24, 2.45) is 0 Å². The summed E-state index contributed by atoms with van der Waals surface area (Å²) in [6, 6.07) is 72.9. The van der Waals surface area contributed by atoms with E-state index in [0.29, 0.717) is 17.5 Å². The van der Waals surface area contributed by atoms with E-state index in [1.54, 1.807) is 0 Å². The summed E-state index contributed by atoms with van der Waals surface area (Å²) in [6.07, 6.45) is 0. The molecule has 4 heterocycles. The van der Waals surface area contributed by atoms with Crippen molar-refractivity contribution in [3.8, 4) is 39.9 Å². The average Bonchev–Trinajstić information content (AvgIpc) is 4.07. The molecule has 0 saturated heterocycles. The second-order valence-electron chi connectivity index (χ2n) is 17.5. The van der Waals surface area contributed by atoms with Gasteiger partial charge in [-0.15, -0.1) is 0 Å². The Labute approximate surface area is 381 Å². The monoisotopic (exact) mass is 854 g/mol. The first-order valence-corrected chi connectivity index (χ1v) is 22.6. The zero-order valence-corrected chi connectivity index (χ0v) is 35.7. The number of rotatable bonds is 4. The van der Waals surface area contributed by atoms with Gasteiger partial charge in [-0.25, -0.2) is 15.0 Å². The standard InChI is InChI=1S/C61H34N4O2/c1-2-14-37-30-40(25-24-35(37)12-1)59-62-60(48-21-11-20-46-45-18-7-9-22-53(45)66-57(46)48)64-61(63-59)50-33-41-31-42(27-28-44(41)56-47-19-8-10-23-54(47)67-58(50)56)65-51-29-26-36-13-5-6-17-43(36)55(51)49-32-38-15-3-4-16-39(38)34-52(49)65/h1-34H. The zero-order valence-electron chi connectivity index (χ0n) is 35.7. The van der Waals surface area contributed by atoms with Crippen molar-refractivity contribution < 1.29 is 8.83 Å². The molecule has 0 aliphatic carbocycles. The number of para-hydroxylation sites is 3. The van der Waals surface area contributed by atoms with Gasteiger partial charge in [-0.1, -0.05) is 146 Å². The Balaban J connectivity index is 1.03. The molecule has 0 aliphatic heterocycles.